The molecule has 0 aliphatic carbocycles. The number of esters is 2. The molecule has 8 nitrogen and oxygen atoms in total. The van der Waals surface area contributed by atoms with Crippen LogP contribution in [0.15, 0.2) is 109 Å². The highest BCUT2D eigenvalue weighted by atomic mass is 16.6. The van der Waals surface area contributed by atoms with Gasteiger partial charge in [-0.1, -0.05) is 84.9 Å². The number of hydrogen-bond donors (Lipinski definition) is 2. The fourth-order valence-electron chi connectivity index (χ4n) is 3.81. The summed E-state index contributed by atoms with van der Waals surface area (Å²) < 4.78 is 21.5. The van der Waals surface area contributed by atoms with Gasteiger partial charge in [0.2, 0.25) is 0 Å². The Morgan fingerprint density at radius 2 is 0.902 bits per heavy atom. The van der Waals surface area contributed by atoms with Crippen LogP contribution < -0.4 is 9.47 Å². The zero-order valence-electron chi connectivity index (χ0n) is 22.4. The molecular formula is C33H32O8. The van der Waals surface area contributed by atoms with Gasteiger partial charge in [-0.05, 0) is 46.5 Å². The van der Waals surface area contributed by atoms with Gasteiger partial charge in [0.25, 0.3) is 0 Å². The van der Waals surface area contributed by atoms with Crippen LogP contribution in [0.5, 0.6) is 11.5 Å². The third-order valence-corrected chi connectivity index (χ3v) is 6.12. The second-order valence-corrected chi connectivity index (χ2v) is 9.26. The van der Waals surface area contributed by atoms with E-state index in [1.807, 2.05) is 60.7 Å². The van der Waals surface area contributed by atoms with Crippen molar-refractivity contribution < 1.29 is 38.7 Å². The normalized spacial score (nSPS) is 12.1. The molecule has 0 radical (unpaired) electrons. The van der Waals surface area contributed by atoms with Gasteiger partial charge in [-0.2, -0.15) is 0 Å². The molecule has 2 unspecified atom stereocenters. The molecule has 0 saturated heterocycles. The second kappa shape index (κ2) is 15.2. The average Bonchev–Trinajstić information content (AvgIpc) is 3.02. The molecule has 0 amide bonds. The van der Waals surface area contributed by atoms with Gasteiger partial charge < -0.3 is 29.2 Å². The molecule has 2 atom stereocenters. The Labute approximate surface area is 238 Å². The van der Waals surface area contributed by atoms with Crippen molar-refractivity contribution in [1.29, 1.82) is 0 Å². The van der Waals surface area contributed by atoms with Crippen molar-refractivity contribution in [2.75, 3.05) is 13.2 Å². The van der Waals surface area contributed by atoms with Gasteiger partial charge in [0.1, 0.15) is 56.6 Å². The van der Waals surface area contributed by atoms with Gasteiger partial charge in [0, 0.05) is 0 Å². The smallest absolute Gasteiger partial charge is 0.317 e. The first-order valence-electron chi connectivity index (χ1n) is 13.2. The van der Waals surface area contributed by atoms with E-state index < -0.39 is 30.6 Å². The molecule has 212 valence electrons. The summed E-state index contributed by atoms with van der Waals surface area (Å²) in [6, 6.07) is 33.1. The van der Waals surface area contributed by atoms with E-state index in [1.165, 1.54) is 0 Å². The lowest BCUT2D eigenvalue weighted by molar-refractivity contribution is -0.157. The summed E-state index contributed by atoms with van der Waals surface area (Å²) >= 11 is 0. The first-order chi connectivity index (χ1) is 20.0. The monoisotopic (exact) mass is 556 g/mol. The number of benzene rings is 4. The number of rotatable bonds is 14. The van der Waals surface area contributed by atoms with Crippen molar-refractivity contribution in [3.63, 3.8) is 0 Å². The Balaban J connectivity index is 1.12. The molecule has 0 aliphatic rings. The van der Waals surface area contributed by atoms with Crippen molar-refractivity contribution in [3.05, 3.63) is 131 Å². The van der Waals surface area contributed by atoms with E-state index in [4.69, 9.17) is 18.9 Å². The van der Waals surface area contributed by atoms with Crippen LogP contribution in [0.3, 0.4) is 0 Å². The molecule has 4 aromatic carbocycles. The molecule has 0 fully saturated rings. The first kappa shape index (κ1) is 29.3. The lowest BCUT2D eigenvalue weighted by Gasteiger charge is -2.14. The van der Waals surface area contributed by atoms with Gasteiger partial charge in [-0.15, -0.1) is 0 Å². The van der Waals surface area contributed by atoms with Gasteiger partial charge in [-0.3, -0.25) is 9.59 Å². The maximum atomic E-state index is 12.0. The van der Waals surface area contributed by atoms with Crippen molar-refractivity contribution in [3.8, 4) is 11.5 Å². The number of carbonyl (C=O) groups is 2. The van der Waals surface area contributed by atoms with E-state index in [-0.39, 0.29) is 13.2 Å². The molecule has 0 aromatic heterocycles. The fraction of sp³-hybridized carbons (Fsp3) is 0.212. The standard InChI is InChI=1S/C33H32O8/c34-30(26-11-15-28(16-12-26)38-20-24-7-3-1-4-8-24)22-40-32(36)19-33(37)41-23-31(35)27-13-17-29(18-14-27)39-21-25-9-5-2-6-10-25/h1-18,30-31,34-35H,19-23H2. The number of ether oxygens (including phenoxy) is 4. The van der Waals surface area contributed by atoms with E-state index in [0.29, 0.717) is 35.8 Å². The molecule has 4 aromatic rings. The SMILES string of the molecule is O=C(CC(=O)OCC(O)c1ccc(OCc2ccccc2)cc1)OCC(O)c1ccc(OCc2ccccc2)cc1. The third-order valence-electron chi connectivity index (χ3n) is 6.12. The third kappa shape index (κ3) is 9.79. The van der Waals surface area contributed by atoms with E-state index in [1.54, 1.807) is 48.5 Å². The van der Waals surface area contributed by atoms with Crippen molar-refractivity contribution in [2.45, 2.75) is 31.8 Å². The predicted molar refractivity (Wildman–Crippen MR) is 151 cm³/mol. The summed E-state index contributed by atoms with van der Waals surface area (Å²) in [5.74, 6) is -0.407. The van der Waals surface area contributed by atoms with Crippen LogP contribution >= 0.6 is 0 Å². The maximum Gasteiger partial charge on any atom is 0.317 e. The Morgan fingerprint density at radius 3 is 1.27 bits per heavy atom. The minimum atomic E-state index is -1.07. The van der Waals surface area contributed by atoms with Crippen LogP contribution in [0.2, 0.25) is 0 Å². The lowest BCUT2D eigenvalue weighted by Crippen LogP contribution is -2.19. The highest BCUT2D eigenvalue weighted by molar-refractivity contribution is 5.91. The van der Waals surface area contributed by atoms with E-state index in [2.05, 4.69) is 0 Å². The Bertz CT molecular complexity index is 1250. The molecule has 0 bridgehead atoms. The Morgan fingerprint density at radius 1 is 0.537 bits per heavy atom. The van der Waals surface area contributed by atoms with Gasteiger partial charge in [0.15, 0.2) is 0 Å². The minimum Gasteiger partial charge on any atom is -0.489 e. The van der Waals surface area contributed by atoms with Crippen LogP contribution in [0.25, 0.3) is 0 Å². The second-order valence-electron chi connectivity index (χ2n) is 9.26. The lowest BCUT2D eigenvalue weighted by atomic mass is 10.1. The quantitative estimate of drug-likeness (QED) is 0.163. The molecule has 2 N–H and O–H groups in total. The molecular weight excluding hydrogens is 524 g/mol. The van der Waals surface area contributed by atoms with E-state index >= 15 is 0 Å². The fourth-order valence-corrected chi connectivity index (χ4v) is 3.81. The minimum absolute atomic E-state index is 0.322. The molecule has 0 saturated carbocycles. The van der Waals surface area contributed by atoms with Crippen molar-refractivity contribution in [2.24, 2.45) is 0 Å². The van der Waals surface area contributed by atoms with Crippen LogP contribution in [0.4, 0.5) is 0 Å². The molecule has 4 rings (SSSR count). The van der Waals surface area contributed by atoms with E-state index in [0.717, 1.165) is 11.1 Å². The molecule has 0 aliphatic heterocycles. The number of aliphatic hydroxyl groups excluding tert-OH is 2. The highest BCUT2D eigenvalue weighted by Gasteiger charge is 2.17. The average molecular weight is 557 g/mol. The van der Waals surface area contributed by atoms with Crippen LogP contribution in [0, 0.1) is 0 Å². The number of carbonyl (C=O) groups excluding carboxylic acids is 2. The summed E-state index contributed by atoms with van der Waals surface area (Å²) in [4.78, 5) is 24.1. The zero-order valence-corrected chi connectivity index (χ0v) is 22.4. The zero-order chi connectivity index (χ0) is 28.9. The summed E-state index contributed by atoms with van der Waals surface area (Å²) in [5.41, 5.74) is 3.14. The highest BCUT2D eigenvalue weighted by Crippen LogP contribution is 2.21. The van der Waals surface area contributed by atoms with Gasteiger partial charge >= 0.3 is 11.9 Å². The summed E-state index contributed by atoms with van der Waals surface area (Å²) in [6.45, 7) is 0.198. The Kier molecular flexibility index (Phi) is 10.9. The first-order valence-corrected chi connectivity index (χ1v) is 13.2. The summed E-state index contributed by atoms with van der Waals surface area (Å²) in [7, 11) is 0. The number of hydrogen-bond acceptors (Lipinski definition) is 8. The summed E-state index contributed by atoms with van der Waals surface area (Å²) in [6.07, 6.45) is -2.78. The van der Waals surface area contributed by atoms with Crippen LogP contribution in [-0.2, 0) is 32.3 Å². The molecule has 8 heteroatoms. The maximum absolute atomic E-state index is 12.0. The van der Waals surface area contributed by atoms with Crippen LogP contribution in [0.1, 0.15) is 40.9 Å². The summed E-state index contributed by atoms with van der Waals surface area (Å²) in [5, 5.41) is 20.7. The van der Waals surface area contributed by atoms with Crippen molar-refractivity contribution >= 4 is 11.9 Å². The predicted octanol–water partition coefficient (Wildman–Crippen LogP) is 5.09. The number of aliphatic hydroxyl groups is 2. The molecule has 0 spiro atoms. The van der Waals surface area contributed by atoms with Gasteiger partial charge in [0.05, 0.1) is 0 Å². The Hall–Kier alpha value is -4.66. The van der Waals surface area contributed by atoms with Crippen LogP contribution in [-0.4, -0.2) is 35.4 Å². The molecule has 41 heavy (non-hydrogen) atoms. The van der Waals surface area contributed by atoms with Crippen molar-refractivity contribution in [1.82, 2.24) is 0 Å². The topological polar surface area (TPSA) is 112 Å². The largest absolute Gasteiger partial charge is 0.489 e. The van der Waals surface area contributed by atoms with E-state index in [9.17, 15) is 19.8 Å². The molecule has 0 heterocycles. The van der Waals surface area contributed by atoms with Gasteiger partial charge in [-0.25, -0.2) is 0 Å².